The molecule has 5 nitrogen and oxygen atoms in total. The van der Waals surface area contributed by atoms with Crippen molar-refractivity contribution in [2.75, 3.05) is 14.2 Å². The highest BCUT2D eigenvalue weighted by Crippen LogP contribution is 2.27. The van der Waals surface area contributed by atoms with E-state index in [0.717, 1.165) is 22.5 Å². The van der Waals surface area contributed by atoms with Crippen LogP contribution in [0.2, 0.25) is 0 Å². The summed E-state index contributed by atoms with van der Waals surface area (Å²) < 4.78 is 12.3. The molecular formula is C20H22N2O3. The summed E-state index contributed by atoms with van der Waals surface area (Å²) in [5.41, 5.74) is 2.89. The average Bonchev–Trinajstić information content (AvgIpc) is 2.62. The summed E-state index contributed by atoms with van der Waals surface area (Å²) in [6.45, 7) is 4.42. The van der Waals surface area contributed by atoms with Crippen molar-refractivity contribution in [3.63, 3.8) is 0 Å². The van der Waals surface area contributed by atoms with E-state index in [1.807, 2.05) is 50.2 Å². The van der Waals surface area contributed by atoms with Gasteiger partial charge < -0.3 is 9.47 Å². The second-order valence-electron chi connectivity index (χ2n) is 6.03. The maximum absolute atomic E-state index is 12.8. The van der Waals surface area contributed by atoms with E-state index in [0.29, 0.717) is 29.9 Å². The molecule has 0 aliphatic heterocycles. The summed E-state index contributed by atoms with van der Waals surface area (Å²) in [5.74, 6) is 2.12. The van der Waals surface area contributed by atoms with Crippen LogP contribution in [0.4, 0.5) is 0 Å². The van der Waals surface area contributed by atoms with Crippen LogP contribution < -0.4 is 15.0 Å². The molecule has 2 aromatic carbocycles. The van der Waals surface area contributed by atoms with Gasteiger partial charge in [-0.1, -0.05) is 18.2 Å². The number of aryl methyl sites for hydroxylation is 3. The van der Waals surface area contributed by atoms with Crippen molar-refractivity contribution in [3.8, 4) is 11.5 Å². The third-order valence-corrected chi connectivity index (χ3v) is 4.45. The second kappa shape index (κ2) is 6.97. The maximum Gasteiger partial charge on any atom is 0.261 e. The number of rotatable bonds is 5. The molecule has 0 fully saturated rings. The lowest BCUT2D eigenvalue weighted by molar-refractivity contribution is 0.354. The molecule has 0 saturated carbocycles. The van der Waals surface area contributed by atoms with E-state index in [1.165, 1.54) is 0 Å². The Morgan fingerprint density at radius 2 is 1.80 bits per heavy atom. The van der Waals surface area contributed by atoms with Gasteiger partial charge in [-0.15, -0.1) is 0 Å². The summed E-state index contributed by atoms with van der Waals surface area (Å²) in [4.78, 5) is 17.5. The minimum atomic E-state index is 0.00618. The van der Waals surface area contributed by atoms with E-state index < -0.39 is 0 Å². The second-order valence-corrected chi connectivity index (χ2v) is 6.03. The molecule has 3 rings (SSSR count). The first-order valence-corrected chi connectivity index (χ1v) is 8.23. The summed E-state index contributed by atoms with van der Waals surface area (Å²) in [6.07, 6.45) is 0.708. The largest absolute Gasteiger partial charge is 0.493 e. The standard InChI is InChI=1S/C20H22N2O3/c1-13-6-5-7-16-19(13)21-14(2)22(20(16)23)11-10-15-8-9-17(24-3)18(12-15)25-4/h5-9,12H,10-11H2,1-4H3. The normalized spacial score (nSPS) is 10.9. The molecule has 0 saturated heterocycles. The SMILES string of the molecule is COc1ccc(CCn2c(C)nc3c(C)cccc3c2=O)cc1OC. The Morgan fingerprint density at radius 1 is 1.04 bits per heavy atom. The topological polar surface area (TPSA) is 53.4 Å². The third kappa shape index (κ3) is 3.22. The molecule has 0 radical (unpaired) electrons. The molecule has 0 atom stereocenters. The molecule has 0 aliphatic carbocycles. The number of ether oxygens (including phenoxy) is 2. The molecule has 25 heavy (non-hydrogen) atoms. The molecule has 0 spiro atoms. The van der Waals surface area contributed by atoms with Gasteiger partial charge in [0.05, 0.1) is 25.1 Å². The molecule has 0 bridgehead atoms. The van der Waals surface area contributed by atoms with E-state index >= 15 is 0 Å². The zero-order valence-electron chi connectivity index (χ0n) is 15.0. The van der Waals surface area contributed by atoms with Gasteiger partial charge in [-0.3, -0.25) is 9.36 Å². The van der Waals surface area contributed by atoms with Crippen LogP contribution in [-0.2, 0) is 13.0 Å². The van der Waals surface area contributed by atoms with Crippen LogP contribution in [0.3, 0.4) is 0 Å². The lowest BCUT2D eigenvalue weighted by atomic mass is 10.1. The van der Waals surface area contributed by atoms with Crippen molar-refractivity contribution < 1.29 is 9.47 Å². The van der Waals surface area contributed by atoms with Crippen molar-refractivity contribution in [1.29, 1.82) is 0 Å². The first-order chi connectivity index (χ1) is 12.0. The molecule has 0 unspecified atom stereocenters. The van der Waals surface area contributed by atoms with Gasteiger partial charge in [0, 0.05) is 6.54 Å². The molecule has 0 N–H and O–H groups in total. The Kier molecular flexibility index (Phi) is 4.74. The van der Waals surface area contributed by atoms with Crippen molar-refractivity contribution in [3.05, 3.63) is 63.7 Å². The zero-order chi connectivity index (χ0) is 18.0. The minimum absolute atomic E-state index is 0.00618. The van der Waals surface area contributed by atoms with Gasteiger partial charge in [0.15, 0.2) is 11.5 Å². The first kappa shape index (κ1) is 17.0. The monoisotopic (exact) mass is 338 g/mol. The van der Waals surface area contributed by atoms with Crippen LogP contribution in [0.25, 0.3) is 10.9 Å². The van der Waals surface area contributed by atoms with Crippen molar-refractivity contribution in [1.82, 2.24) is 9.55 Å². The van der Waals surface area contributed by atoms with Gasteiger partial charge in [0.2, 0.25) is 0 Å². The van der Waals surface area contributed by atoms with Crippen LogP contribution in [0, 0.1) is 13.8 Å². The molecule has 130 valence electrons. The Morgan fingerprint density at radius 3 is 2.52 bits per heavy atom. The number of hydrogen-bond acceptors (Lipinski definition) is 4. The predicted molar refractivity (Wildman–Crippen MR) is 98.7 cm³/mol. The summed E-state index contributed by atoms with van der Waals surface area (Å²) in [7, 11) is 3.23. The highest BCUT2D eigenvalue weighted by molar-refractivity contribution is 5.80. The van der Waals surface area contributed by atoms with Crippen molar-refractivity contribution >= 4 is 10.9 Å². The van der Waals surface area contributed by atoms with Crippen LogP contribution in [0.15, 0.2) is 41.2 Å². The number of fused-ring (bicyclic) bond motifs is 1. The number of aromatic nitrogens is 2. The molecule has 0 amide bonds. The van der Waals surface area contributed by atoms with Crippen molar-refractivity contribution in [2.45, 2.75) is 26.8 Å². The van der Waals surface area contributed by atoms with Gasteiger partial charge in [0.1, 0.15) is 5.82 Å². The molecule has 5 heteroatoms. The quantitative estimate of drug-likeness (QED) is 0.716. The van der Waals surface area contributed by atoms with Gasteiger partial charge >= 0.3 is 0 Å². The average molecular weight is 338 g/mol. The van der Waals surface area contributed by atoms with Gasteiger partial charge in [-0.05, 0) is 49.6 Å². The molecular weight excluding hydrogens is 316 g/mol. The fourth-order valence-electron chi connectivity index (χ4n) is 3.03. The molecule has 1 heterocycles. The molecule has 0 aliphatic rings. The number of nitrogens with zero attached hydrogens (tertiary/aromatic N) is 2. The highest BCUT2D eigenvalue weighted by atomic mass is 16.5. The Hall–Kier alpha value is -2.82. The fraction of sp³-hybridized carbons (Fsp3) is 0.300. The van der Waals surface area contributed by atoms with E-state index in [-0.39, 0.29) is 5.56 Å². The highest BCUT2D eigenvalue weighted by Gasteiger charge is 2.10. The molecule has 3 aromatic rings. The zero-order valence-corrected chi connectivity index (χ0v) is 15.0. The van der Waals surface area contributed by atoms with Gasteiger partial charge in [-0.2, -0.15) is 0 Å². The van der Waals surface area contributed by atoms with E-state index in [2.05, 4.69) is 4.98 Å². The Labute approximate surface area is 146 Å². The summed E-state index contributed by atoms with van der Waals surface area (Å²) in [5, 5.41) is 0.665. The van der Waals surface area contributed by atoms with Gasteiger partial charge in [0.25, 0.3) is 5.56 Å². The summed E-state index contributed by atoms with van der Waals surface area (Å²) in [6, 6.07) is 11.5. The number of para-hydroxylation sites is 1. The molecule has 1 aromatic heterocycles. The maximum atomic E-state index is 12.8. The third-order valence-electron chi connectivity index (χ3n) is 4.45. The minimum Gasteiger partial charge on any atom is -0.493 e. The predicted octanol–water partition coefficient (Wildman–Crippen LogP) is 3.27. The van der Waals surface area contributed by atoms with Crippen LogP contribution in [0.5, 0.6) is 11.5 Å². The fourth-order valence-corrected chi connectivity index (χ4v) is 3.03. The first-order valence-electron chi connectivity index (χ1n) is 8.23. The van der Waals surface area contributed by atoms with E-state index in [4.69, 9.17) is 9.47 Å². The van der Waals surface area contributed by atoms with Crippen molar-refractivity contribution in [2.24, 2.45) is 0 Å². The van der Waals surface area contributed by atoms with E-state index in [9.17, 15) is 4.79 Å². The Balaban J connectivity index is 1.93. The summed E-state index contributed by atoms with van der Waals surface area (Å²) >= 11 is 0. The Bertz CT molecular complexity index is 977. The number of methoxy groups -OCH3 is 2. The van der Waals surface area contributed by atoms with Crippen LogP contribution in [-0.4, -0.2) is 23.8 Å². The number of benzene rings is 2. The number of hydrogen-bond donors (Lipinski definition) is 0. The van der Waals surface area contributed by atoms with Gasteiger partial charge in [-0.25, -0.2) is 4.98 Å². The van der Waals surface area contributed by atoms with Crippen LogP contribution >= 0.6 is 0 Å². The smallest absolute Gasteiger partial charge is 0.261 e. The lowest BCUT2D eigenvalue weighted by Gasteiger charge is -2.13. The lowest BCUT2D eigenvalue weighted by Crippen LogP contribution is -2.25. The van der Waals surface area contributed by atoms with Crippen LogP contribution in [0.1, 0.15) is 17.0 Å². The van der Waals surface area contributed by atoms with E-state index in [1.54, 1.807) is 18.8 Å².